The van der Waals surface area contributed by atoms with Crippen LogP contribution in [0.1, 0.15) is 0 Å². The molecule has 0 spiro atoms. The van der Waals surface area contributed by atoms with E-state index in [2.05, 4.69) is 9.47 Å². The zero-order valence-corrected chi connectivity index (χ0v) is 4.44. The van der Waals surface area contributed by atoms with Crippen molar-refractivity contribution < 1.29 is 34.1 Å². The van der Waals surface area contributed by atoms with Crippen molar-refractivity contribution in [3.63, 3.8) is 0 Å². The van der Waals surface area contributed by atoms with Gasteiger partial charge in [-0.2, -0.15) is 0 Å². The second-order valence-electron chi connectivity index (χ2n) is 0.986. The number of hydrogen-bond acceptors (Lipinski definition) is 5. The standard InChI is InChI=1S/C3H2O7.2Al.2Ca.Mg.12H/c4-1(5)9-3(8)10-2(6)7;;;;;;;;;;;;;;;;;/h(H,4,5)(H,6,7);;;;;;;;;;;;;;;;;. The molecule has 0 aliphatic heterocycles. The summed E-state index contributed by atoms with van der Waals surface area (Å²) in [5.74, 6) is 0. The predicted octanol–water partition coefficient (Wildman–Crippen LogP) is -4.62. The monoisotopic (exact) mass is 320 g/mol. The molecule has 15 heavy (non-hydrogen) atoms. The van der Waals surface area contributed by atoms with Crippen molar-refractivity contribution in [3.05, 3.63) is 0 Å². The number of ether oxygens (including phenoxy) is 2. The maximum absolute atomic E-state index is 9.86. The van der Waals surface area contributed by atoms with Crippen LogP contribution in [0.2, 0.25) is 0 Å². The first kappa shape index (κ1) is 36.0. The molecule has 0 aliphatic rings. The molecule has 0 radical (unpaired) electrons. The topological polar surface area (TPSA) is 110 Å². The van der Waals surface area contributed by atoms with E-state index in [0.29, 0.717) is 0 Å². The summed E-state index contributed by atoms with van der Waals surface area (Å²) in [4.78, 5) is 28.8. The summed E-state index contributed by atoms with van der Waals surface area (Å²) in [5, 5.41) is 15.4. The molecule has 0 unspecified atom stereocenters. The fraction of sp³-hybridized carbons (Fsp3) is 0. The summed E-state index contributed by atoms with van der Waals surface area (Å²) >= 11 is 0. The molecule has 0 amide bonds. The van der Waals surface area contributed by atoms with Crippen LogP contribution in [0.3, 0.4) is 0 Å². The van der Waals surface area contributed by atoms with E-state index in [1.165, 1.54) is 0 Å². The van der Waals surface area contributed by atoms with Crippen molar-refractivity contribution >= 4 is 152 Å². The van der Waals surface area contributed by atoms with Gasteiger partial charge in [-0.15, -0.1) is 0 Å². The molecular formula is C3H14Al2Ca2MgO7. The average Bonchev–Trinajstić information content (AvgIpc) is 1.58. The third-order valence-corrected chi connectivity index (χ3v) is 0.341. The summed E-state index contributed by atoms with van der Waals surface area (Å²) in [7, 11) is 0. The van der Waals surface area contributed by atoms with Gasteiger partial charge in [-0.05, 0) is 0 Å². The van der Waals surface area contributed by atoms with Gasteiger partial charge in [0.15, 0.2) is 34.7 Å². The largest absolute Gasteiger partial charge is 0.316 e. The summed E-state index contributed by atoms with van der Waals surface area (Å²) < 4.78 is 6.47. The summed E-state index contributed by atoms with van der Waals surface area (Å²) in [6.07, 6.45) is -5.64. The van der Waals surface area contributed by atoms with Crippen molar-refractivity contribution in [2.24, 2.45) is 0 Å². The SMILES string of the molecule is O=C(O)OC(=O)OC(=O)O.[AlH3].[AlH3].[CaH2].[CaH2].[MgH2]. The van der Waals surface area contributed by atoms with Crippen LogP contribution in [0.25, 0.3) is 0 Å². The van der Waals surface area contributed by atoms with Gasteiger partial charge < -0.3 is 19.7 Å². The Morgan fingerprint density at radius 3 is 1.13 bits per heavy atom. The number of carboxylic acid groups (broad SMARTS) is 2. The smallest absolute Gasteiger partial charge is 0.316 e. The van der Waals surface area contributed by atoms with Crippen LogP contribution in [0, 0.1) is 0 Å². The second-order valence-corrected chi connectivity index (χ2v) is 0.986. The van der Waals surface area contributed by atoms with Crippen LogP contribution in [0.4, 0.5) is 14.4 Å². The fourth-order valence-electron chi connectivity index (χ4n) is 0.163. The van der Waals surface area contributed by atoms with Crippen LogP contribution < -0.4 is 0 Å². The maximum atomic E-state index is 9.86. The van der Waals surface area contributed by atoms with Gasteiger partial charge in [0, 0.05) is 0 Å². The van der Waals surface area contributed by atoms with E-state index in [9.17, 15) is 14.4 Å². The van der Waals surface area contributed by atoms with Gasteiger partial charge in [0.25, 0.3) is 0 Å². The predicted molar refractivity (Wildman–Crippen MR) is 69.1 cm³/mol. The van der Waals surface area contributed by atoms with E-state index in [1.54, 1.807) is 0 Å². The molecule has 12 heteroatoms. The van der Waals surface area contributed by atoms with Crippen LogP contribution in [0.15, 0.2) is 0 Å². The van der Waals surface area contributed by atoms with E-state index in [0.717, 1.165) is 0 Å². The van der Waals surface area contributed by atoms with Crippen molar-refractivity contribution in [2.45, 2.75) is 0 Å². The number of hydrogen-bond donors (Lipinski definition) is 2. The minimum absolute atomic E-state index is 0. The quantitative estimate of drug-likeness (QED) is 0.262. The van der Waals surface area contributed by atoms with Gasteiger partial charge in [-0.25, -0.2) is 14.4 Å². The molecular weight excluding hydrogens is 306 g/mol. The zero-order valence-electron chi connectivity index (χ0n) is 4.44. The molecule has 7 nitrogen and oxygen atoms in total. The first-order valence-corrected chi connectivity index (χ1v) is 1.88. The van der Waals surface area contributed by atoms with Crippen molar-refractivity contribution in [1.82, 2.24) is 0 Å². The minimum atomic E-state index is -1.92. The summed E-state index contributed by atoms with van der Waals surface area (Å²) in [6.45, 7) is 0. The third kappa shape index (κ3) is 31.5. The molecule has 0 aromatic heterocycles. The molecule has 0 atom stereocenters. The first-order chi connectivity index (χ1) is 4.52. The molecule has 0 aromatic carbocycles. The molecule has 0 aromatic rings. The Morgan fingerprint density at radius 2 is 1.00 bits per heavy atom. The summed E-state index contributed by atoms with van der Waals surface area (Å²) in [6, 6.07) is 0. The number of carbonyl (C=O) groups is 3. The normalized spacial score (nSPS) is 5.33. The Hall–Kier alpha value is 2.56. The van der Waals surface area contributed by atoms with E-state index >= 15 is 0 Å². The minimum Gasteiger partial charge on any atom is 0.316 e. The van der Waals surface area contributed by atoms with Gasteiger partial charge in [0.1, 0.15) is 0 Å². The number of carbonyl (C=O) groups excluding carboxylic acids is 1. The number of rotatable bonds is 0. The molecule has 0 fully saturated rings. The van der Waals surface area contributed by atoms with Crippen LogP contribution in [-0.4, -0.2) is 162 Å². The third-order valence-electron chi connectivity index (χ3n) is 0.341. The van der Waals surface area contributed by atoms with Crippen molar-refractivity contribution in [2.75, 3.05) is 0 Å². The molecule has 0 saturated heterocycles. The molecule has 80 valence electrons. The Labute approximate surface area is 182 Å². The van der Waals surface area contributed by atoms with E-state index in [4.69, 9.17) is 10.2 Å². The fourth-order valence-corrected chi connectivity index (χ4v) is 0.163. The average molecular weight is 321 g/mol. The van der Waals surface area contributed by atoms with Gasteiger partial charge in [-0.1, -0.05) is 0 Å². The zero-order chi connectivity index (χ0) is 8.15. The van der Waals surface area contributed by atoms with Gasteiger partial charge in [0.2, 0.25) is 0 Å². The Morgan fingerprint density at radius 1 is 0.800 bits per heavy atom. The molecule has 0 bridgehead atoms. The van der Waals surface area contributed by atoms with Crippen LogP contribution in [0.5, 0.6) is 0 Å². The molecule has 0 rings (SSSR count). The van der Waals surface area contributed by atoms with Crippen LogP contribution in [-0.2, 0) is 9.47 Å². The Balaban J connectivity index is -0.0000000405. The second kappa shape index (κ2) is 21.8. The summed E-state index contributed by atoms with van der Waals surface area (Å²) in [5.41, 5.74) is 0. The van der Waals surface area contributed by atoms with Crippen LogP contribution >= 0.6 is 0 Å². The molecule has 0 saturated carbocycles. The Bertz CT molecular complexity index is 173. The molecule has 2 N–H and O–H groups in total. The van der Waals surface area contributed by atoms with E-state index in [1.807, 2.05) is 0 Å². The first-order valence-electron chi connectivity index (χ1n) is 1.88. The van der Waals surface area contributed by atoms with E-state index < -0.39 is 18.5 Å². The van der Waals surface area contributed by atoms with Gasteiger partial charge in [0.05, 0.1) is 0 Å². The van der Waals surface area contributed by atoms with Gasteiger partial charge in [-0.3, -0.25) is 0 Å². The molecule has 0 aliphatic carbocycles. The van der Waals surface area contributed by atoms with Gasteiger partial charge >= 0.3 is 117 Å². The van der Waals surface area contributed by atoms with Crippen molar-refractivity contribution in [3.8, 4) is 0 Å². The Kier molecular flexibility index (Phi) is 52.4. The van der Waals surface area contributed by atoms with Crippen molar-refractivity contribution in [1.29, 1.82) is 0 Å². The maximum Gasteiger partial charge on any atom is 0.316 e. The van der Waals surface area contributed by atoms with E-state index in [-0.39, 0.29) is 133 Å². The molecule has 0 heterocycles.